The van der Waals surface area contributed by atoms with Crippen LogP contribution >= 0.6 is 0 Å². The Morgan fingerprint density at radius 1 is 1.16 bits per heavy atom. The number of nitrogens with zero attached hydrogens (tertiary/aromatic N) is 2. The van der Waals surface area contributed by atoms with Crippen molar-refractivity contribution in [3.05, 3.63) is 65.7 Å². The maximum absolute atomic E-state index is 6.11. The molecule has 3 aromatic rings. The minimum absolute atomic E-state index is 0.0977. The molecule has 4 rings (SSSR count). The van der Waals surface area contributed by atoms with Gasteiger partial charge in [-0.1, -0.05) is 30.3 Å². The summed E-state index contributed by atoms with van der Waals surface area (Å²) in [5.41, 5.74) is 3.36. The van der Waals surface area contributed by atoms with Crippen molar-refractivity contribution in [1.82, 2.24) is 9.88 Å². The van der Waals surface area contributed by atoms with Crippen LogP contribution in [0.15, 0.2) is 54.6 Å². The number of benzene rings is 2. The van der Waals surface area contributed by atoms with E-state index >= 15 is 0 Å². The first-order valence-corrected chi connectivity index (χ1v) is 8.62. The number of rotatable bonds is 3. The second kappa shape index (κ2) is 6.73. The van der Waals surface area contributed by atoms with Gasteiger partial charge in [0.25, 0.3) is 0 Å². The summed E-state index contributed by atoms with van der Waals surface area (Å²) in [6.45, 7) is 4.73. The van der Waals surface area contributed by atoms with Crippen LogP contribution in [0.2, 0.25) is 0 Å². The normalized spacial score (nSPS) is 17.6. The van der Waals surface area contributed by atoms with Crippen LogP contribution in [0.5, 0.6) is 11.6 Å². The first kappa shape index (κ1) is 15.9. The first-order valence-electron chi connectivity index (χ1n) is 8.62. The van der Waals surface area contributed by atoms with E-state index in [1.54, 1.807) is 7.11 Å². The average Bonchev–Trinajstić information content (AvgIpc) is 2.77. The molecule has 2 heterocycles. The quantitative estimate of drug-likeness (QED) is 0.724. The zero-order valence-corrected chi connectivity index (χ0v) is 14.6. The molecule has 2 aromatic carbocycles. The predicted molar refractivity (Wildman–Crippen MR) is 98.9 cm³/mol. The summed E-state index contributed by atoms with van der Waals surface area (Å²) in [7, 11) is 1.67. The molecule has 1 aromatic heterocycles. The van der Waals surface area contributed by atoms with Gasteiger partial charge >= 0.3 is 0 Å². The van der Waals surface area contributed by atoms with Gasteiger partial charge in [-0.15, -0.1) is 0 Å². The molecule has 0 radical (unpaired) electrons. The molecule has 1 aliphatic heterocycles. The molecule has 0 saturated carbocycles. The van der Waals surface area contributed by atoms with Crippen LogP contribution in [-0.2, 0) is 13.1 Å². The molecule has 4 nitrogen and oxygen atoms in total. The van der Waals surface area contributed by atoms with Crippen LogP contribution in [0.25, 0.3) is 10.9 Å². The number of methoxy groups -OCH3 is 1. The van der Waals surface area contributed by atoms with Crippen molar-refractivity contribution in [2.24, 2.45) is 0 Å². The standard InChI is InChI=1S/C21H22N2O2/c1-15-12-23(13-16-6-4-3-5-7-16)14-18-10-17-8-9-19(24-2)11-20(17)22-21(18)25-15/h3-11,15H,12-14H2,1-2H3. The first-order chi connectivity index (χ1) is 12.2. The zero-order chi connectivity index (χ0) is 17.2. The Morgan fingerprint density at radius 2 is 2.00 bits per heavy atom. The minimum Gasteiger partial charge on any atom is -0.497 e. The lowest BCUT2D eigenvalue weighted by Crippen LogP contribution is -2.30. The maximum atomic E-state index is 6.11. The third kappa shape index (κ3) is 3.44. The van der Waals surface area contributed by atoms with Crippen molar-refractivity contribution in [2.45, 2.75) is 26.1 Å². The van der Waals surface area contributed by atoms with Gasteiger partial charge in [0, 0.05) is 36.7 Å². The Balaban J connectivity index is 1.67. The molecule has 25 heavy (non-hydrogen) atoms. The number of ether oxygens (including phenoxy) is 2. The van der Waals surface area contributed by atoms with E-state index < -0.39 is 0 Å². The highest BCUT2D eigenvalue weighted by Crippen LogP contribution is 2.29. The Kier molecular flexibility index (Phi) is 4.28. The molecule has 4 heteroatoms. The molecule has 0 amide bonds. The second-order valence-corrected chi connectivity index (χ2v) is 6.59. The van der Waals surface area contributed by atoms with Crippen molar-refractivity contribution in [3.8, 4) is 11.6 Å². The third-order valence-electron chi connectivity index (χ3n) is 4.54. The molecule has 0 fully saturated rings. The van der Waals surface area contributed by atoms with Crippen molar-refractivity contribution in [1.29, 1.82) is 0 Å². The van der Waals surface area contributed by atoms with E-state index in [0.29, 0.717) is 0 Å². The summed E-state index contributed by atoms with van der Waals surface area (Å²) in [5.74, 6) is 1.55. The van der Waals surface area contributed by atoms with Crippen LogP contribution in [0.4, 0.5) is 0 Å². The molecule has 1 unspecified atom stereocenters. The van der Waals surface area contributed by atoms with Crippen molar-refractivity contribution < 1.29 is 9.47 Å². The smallest absolute Gasteiger partial charge is 0.218 e. The van der Waals surface area contributed by atoms with E-state index in [0.717, 1.165) is 47.7 Å². The fraction of sp³-hybridized carbons (Fsp3) is 0.286. The van der Waals surface area contributed by atoms with E-state index in [4.69, 9.17) is 14.5 Å². The van der Waals surface area contributed by atoms with Gasteiger partial charge in [-0.2, -0.15) is 0 Å². The Labute approximate surface area is 148 Å². The molecular weight excluding hydrogens is 312 g/mol. The largest absolute Gasteiger partial charge is 0.497 e. The van der Waals surface area contributed by atoms with Crippen LogP contribution in [0.3, 0.4) is 0 Å². The van der Waals surface area contributed by atoms with Crippen LogP contribution in [0.1, 0.15) is 18.1 Å². The van der Waals surface area contributed by atoms with Crippen molar-refractivity contribution in [3.63, 3.8) is 0 Å². The van der Waals surface area contributed by atoms with Gasteiger partial charge in [0.1, 0.15) is 11.9 Å². The van der Waals surface area contributed by atoms with E-state index in [9.17, 15) is 0 Å². The van der Waals surface area contributed by atoms with Gasteiger partial charge in [-0.3, -0.25) is 4.90 Å². The topological polar surface area (TPSA) is 34.6 Å². The van der Waals surface area contributed by atoms with Crippen LogP contribution in [0, 0.1) is 0 Å². The van der Waals surface area contributed by atoms with E-state index in [1.165, 1.54) is 5.56 Å². The lowest BCUT2D eigenvalue weighted by atomic mass is 10.1. The van der Waals surface area contributed by atoms with Gasteiger partial charge in [-0.05, 0) is 30.7 Å². The predicted octanol–water partition coefficient (Wildman–Crippen LogP) is 4.03. The summed E-state index contributed by atoms with van der Waals surface area (Å²) in [6, 6.07) is 18.7. The van der Waals surface area contributed by atoms with Crippen molar-refractivity contribution >= 4 is 10.9 Å². The van der Waals surface area contributed by atoms with Crippen molar-refractivity contribution in [2.75, 3.05) is 13.7 Å². The average molecular weight is 334 g/mol. The summed E-state index contributed by atoms with van der Waals surface area (Å²) in [4.78, 5) is 7.17. The van der Waals surface area contributed by atoms with Crippen LogP contribution in [-0.4, -0.2) is 29.6 Å². The lowest BCUT2D eigenvalue weighted by molar-refractivity contribution is 0.153. The Bertz CT molecular complexity index is 880. The highest BCUT2D eigenvalue weighted by Gasteiger charge is 2.22. The number of fused-ring (bicyclic) bond motifs is 2. The highest BCUT2D eigenvalue weighted by atomic mass is 16.5. The van der Waals surface area contributed by atoms with Gasteiger partial charge < -0.3 is 9.47 Å². The van der Waals surface area contributed by atoms with Gasteiger partial charge in [-0.25, -0.2) is 4.98 Å². The SMILES string of the molecule is COc1ccc2cc3c(nc2c1)OC(C)CN(Cc1ccccc1)C3. The van der Waals surface area contributed by atoms with E-state index in [2.05, 4.69) is 54.3 Å². The molecule has 0 saturated heterocycles. The summed E-state index contributed by atoms with van der Waals surface area (Å²) in [6.07, 6.45) is 0.0977. The van der Waals surface area contributed by atoms with Crippen LogP contribution < -0.4 is 9.47 Å². The fourth-order valence-electron chi connectivity index (χ4n) is 3.37. The molecule has 0 N–H and O–H groups in total. The molecule has 0 aliphatic carbocycles. The Morgan fingerprint density at radius 3 is 2.80 bits per heavy atom. The maximum Gasteiger partial charge on any atom is 0.218 e. The molecular formula is C21H22N2O2. The zero-order valence-electron chi connectivity index (χ0n) is 14.6. The number of hydrogen-bond donors (Lipinski definition) is 0. The Hall–Kier alpha value is -2.59. The highest BCUT2D eigenvalue weighted by molar-refractivity contribution is 5.81. The van der Waals surface area contributed by atoms with E-state index in [1.807, 2.05) is 12.1 Å². The number of aromatic nitrogens is 1. The number of pyridine rings is 1. The van der Waals surface area contributed by atoms with Gasteiger partial charge in [0.2, 0.25) is 5.88 Å². The summed E-state index contributed by atoms with van der Waals surface area (Å²) >= 11 is 0. The van der Waals surface area contributed by atoms with Gasteiger partial charge in [0.15, 0.2) is 0 Å². The molecule has 1 atom stereocenters. The van der Waals surface area contributed by atoms with Gasteiger partial charge in [0.05, 0.1) is 12.6 Å². The second-order valence-electron chi connectivity index (χ2n) is 6.59. The monoisotopic (exact) mass is 334 g/mol. The molecule has 1 aliphatic rings. The van der Waals surface area contributed by atoms with E-state index in [-0.39, 0.29) is 6.10 Å². The molecule has 0 bridgehead atoms. The minimum atomic E-state index is 0.0977. The summed E-state index contributed by atoms with van der Waals surface area (Å²) < 4.78 is 11.4. The third-order valence-corrected chi connectivity index (χ3v) is 4.54. The number of hydrogen-bond acceptors (Lipinski definition) is 4. The summed E-state index contributed by atoms with van der Waals surface area (Å²) in [5, 5.41) is 1.11. The molecule has 0 spiro atoms. The molecule has 128 valence electrons. The lowest BCUT2D eigenvalue weighted by Gasteiger charge is -2.21. The fourth-order valence-corrected chi connectivity index (χ4v) is 3.37.